The number of benzene rings is 2. The zero-order chi connectivity index (χ0) is 21.2. The predicted octanol–water partition coefficient (Wildman–Crippen LogP) is 3.28. The third kappa shape index (κ3) is 4.18. The van der Waals surface area contributed by atoms with E-state index in [9.17, 15) is 17.6 Å². The van der Waals surface area contributed by atoms with Crippen LogP contribution in [-0.2, 0) is 23.6 Å². The number of aromatic nitrogens is 1. The third-order valence-corrected chi connectivity index (χ3v) is 7.00. The lowest BCUT2D eigenvalue weighted by molar-refractivity contribution is 0.0943. The summed E-state index contributed by atoms with van der Waals surface area (Å²) in [6.07, 6.45) is 0. The van der Waals surface area contributed by atoms with Crippen molar-refractivity contribution in [3.8, 4) is 0 Å². The second kappa shape index (κ2) is 8.34. The molecule has 8 heteroatoms. The molecular weight excluding hydrogens is 393 g/mol. The molecule has 0 saturated carbocycles. The highest BCUT2D eigenvalue weighted by molar-refractivity contribution is 7.89. The van der Waals surface area contributed by atoms with Crippen molar-refractivity contribution in [1.29, 1.82) is 0 Å². The van der Waals surface area contributed by atoms with Crippen molar-refractivity contribution in [3.63, 3.8) is 0 Å². The van der Waals surface area contributed by atoms with Gasteiger partial charge >= 0.3 is 0 Å². The molecule has 1 aromatic heterocycles. The second-order valence-electron chi connectivity index (χ2n) is 6.71. The molecule has 1 heterocycles. The molecule has 0 unspecified atom stereocenters. The molecule has 0 aliphatic heterocycles. The predicted molar refractivity (Wildman–Crippen MR) is 111 cm³/mol. The highest BCUT2D eigenvalue weighted by Crippen LogP contribution is 2.24. The van der Waals surface area contributed by atoms with E-state index >= 15 is 0 Å². The van der Waals surface area contributed by atoms with Crippen molar-refractivity contribution in [2.24, 2.45) is 7.05 Å². The summed E-state index contributed by atoms with van der Waals surface area (Å²) in [5.74, 6) is -0.620. The number of sulfonamides is 1. The van der Waals surface area contributed by atoms with Gasteiger partial charge in [-0.3, -0.25) is 4.79 Å². The lowest BCUT2D eigenvalue weighted by Crippen LogP contribution is -2.30. The SMILES string of the molecule is CCN(CC)S(=O)(=O)c1ccc2c(c1)cc(C(=O)NCc1ccc(F)cc1)n2C. The molecule has 0 bridgehead atoms. The van der Waals surface area contributed by atoms with Crippen molar-refractivity contribution in [3.05, 3.63) is 65.6 Å². The van der Waals surface area contributed by atoms with Crippen LogP contribution in [0.2, 0.25) is 0 Å². The van der Waals surface area contributed by atoms with Crippen LogP contribution in [0.5, 0.6) is 0 Å². The fourth-order valence-electron chi connectivity index (χ4n) is 3.29. The van der Waals surface area contributed by atoms with Crippen LogP contribution < -0.4 is 5.32 Å². The van der Waals surface area contributed by atoms with E-state index in [4.69, 9.17) is 0 Å². The van der Waals surface area contributed by atoms with Crippen LogP contribution in [0.1, 0.15) is 29.9 Å². The summed E-state index contributed by atoms with van der Waals surface area (Å²) in [5, 5.41) is 3.48. The van der Waals surface area contributed by atoms with Crippen molar-refractivity contribution >= 4 is 26.8 Å². The number of amides is 1. The molecule has 1 amide bonds. The monoisotopic (exact) mass is 417 g/mol. The van der Waals surface area contributed by atoms with Crippen molar-refractivity contribution < 1.29 is 17.6 Å². The molecule has 0 atom stereocenters. The molecule has 2 aromatic carbocycles. The van der Waals surface area contributed by atoms with Crippen molar-refractivity contribution in [1.82, 2.24) is 14.2 Å². The summed E-state index contributed by atoms with van der Waals surface area (Å²) in [6, 6.07) is 12.5. The molecule has 29 heavy (non-hydrogen) atoms. The number of hydrogen-bond acceptors (Lipinski definition) is 3. The Morgan fingerprint density at radius 1 is 1.07 bits per heavy atom. The van der Waals surface area contributed by atoms with Gasteiger partial charge in [0.15, 0.2) is 0 Å². The van der Waals surface area contributed by atoms with Crippen LogP contribution in [-0.4, -0.2) is 36.3 Å². The standard InChI is InChI=1S/C21H24FN3O3S/c1-4-25(5-2)29(27,28)18-10-11-19-16(12-18)13-20(24(19)3)21(26)23-14-15-6-8-17(22)9-7-15/h6-13H,4-5,14H2,1-3H3,(H,23,26). The Hall–Kier alpha value is -2.71. The minimum atomic E-state index is -3.57. The number of halogens is 1. The molecule has 0 fully saturated rings. The van der Waals surface area contributed by atoms with Gasteiger partial charge in [0.25, 0.3) is 5.91 Å². The van der Waals surface area contributed by atoms with Crippen molar-refractivity contribution in [2.45, 2.75) is 25.3 Å². The Labute approximate surface area is 170 Å². The van der Waals surface area contributed by atoms with Gasteiger partial charge in [-0.25, -0.2) is 12.8 Å². The van der Waals surface area contributed by atoms with Gasteiger partial charge in [-0.05, 0) is 42.0 Å². The van der Waals surface area contributed by atoms with E-state index in [0.29, 0.717) is 24.2 Å². The highest BCUT2D eigenvalue weighted by atomic mass is 32.2. The van der Waals surface area contributed by atoms with Gasteiger partial charge in [-0.2, -0.15) is 4.31 Å². The zero-order valence-corrected chi connectivity index (χ0v) is 17.5. The van der Waals surface area contributed by atoms with E-state index in [2.05, 4.69) is 5.32 Å². The molecule has 3 rings (SSSR count). The van der Waals surface area contributed by atoms with E-state index < -0.39 is 10.0 Å². The Balaban J connectivity index is 1.87. The quantitative estimate of drug-likeness (QED) is 0.641. The first kappa shape index (κ1) is 21.0. The largest absolute Gasteiger partial charge is 0.347 e. The smallest absolute Gasteiger partial charge is 0.268 e. The van der Waals surface area contributed by atoms with Crippen LogP contribution in [0.4, 0.5) is 4.39 Å². The molecule has 1 N–H and O–H groups in total. The summed E-state index contributed by atoms with van der Waals surface area (Å²) in [5.41, 5.74) is 1.96. The van der Waals surface area contributed by atoms with Crippen LogP contribution >= 0.6 is 0 Å². The minimum absolute atomic E-state index is 0.206. The first-order valence-electron chi connectivity index (χ1n) is 9.40. The normalized spacial score (nSPS) is 11.9. The summed E-state index contributed by atoms with van der Waals surface area (Å²) >= 11 is 0. The number of carbonyl (C=O) groups is 1. The van der Waals surface area contributed by atoms with Gasteiger partial charge in [0, 0.05) is 37.6 Å². The van der Waals surface area contributed by atoms with Gasteiger partial charge in [0.1, 0.15) is 11.5 Å². The average Bonchev–Trinajstić information content (AvgIpc) is 3.04. The second-order valence-corrected chi connectivity index (χ2v) is 8.65. The molecule has 0 spiro atoms. The zero-order valence-electron chi connectivity index (χ0n) is 16.6. The van der Waals surface area contributed by atoms with E-state index in [1.807, 2.05) is 0 Å². The lowest BCUT2D eigenvalue weighted by atomic mass is 10.2. The van der Waals surface area contributed by atoms with E-state index in [0.717, 1.165) is 11.1 Å². The summed E-state index contributed by atoms with van der Waals surface area (Å²) in [7, 11) is -1.82. The van der Waals surface area contributed by atoms with Crippen molar-refractivity contribution in [2.75, 3.05) is 13.1 Å². The first-order valence-corrected chi connectivity index (χ1v) is 10.8. The molecule has 3 aromatic rings. The molecule has 6 nitrogen and oxygen atoms in total. The Morgan fingerprint density at radius 3 is 2.34 bits per heavy atom. The molecule has 0 saturated heterocycles. The van der Waals surface area contributed by atoms with Gasteiger partial charge in [-0.1, -0.05) is 26.0 Å². The van der Waals surface area contributed by atoms with E-state index in [1.165, 1.54) is 16.4 Å². The fraction of sp³-hybridized carbons (Fsp3) is 0.286. The summed E-state index contributed by atoms with van der Waals surface area (Å²) in [6.45, 7) is 4.64. The van der Waals surface area contributed by atoms with Gasteiger partial charge in [0.2, 0.25) is 10.0 Å². The Kier molecular flexibility index (Phi) is 6.04. The Morgan fingerprint density at radius 2 is 1.72 bits per heavy atom. The minimum Gasteiger partial charge on any atom is -0.347 e. The number of hydrogen-bond donors (Lipinski definition) is 1. The number of nitrogens with zero attached hydrogens (tertiary/aromatic N) is 2. The molecular formula is C21H24FN3O3S. The van der Waals surface area contributed by atoms with Crippen LogP contribution in [0.15, 0.2) is 53.4 Å². The van der Waals surface area contributed by atoms with E-state index in [-0.39, 0.29) is 23.2 Å². The number of fused-ring (bicyclic) bond motifs is 1. The average molecular weight is 418 g/mol. The Bertz CT molecular complexity index is 1130. The number of nitrogens with one attached hydrogen (secondary N) is 1. The van der Waals surface area contributed by atoms with Crippen LogP contribution in [0.3, 0.4) is 0 Å². The third-order valence-electron chi connectivity index (χ3n) is 4.96. The maximum atomic E-state index is 13.0. The maximum Gasteiger partial charge on any atom is 0.268 e. The van der Waals surface area contributed by atoms with Crippen LogP contribution in [0.25, 0.3) is 10.9 Å². The number of rotatable bonds is 7. The van der Waals surface area contributed by atoms with Crippen LogP contribution in [0, 0.1) is 5.82 Å². The maximum absolute atomic E-state index is 13.0. The summed E-state index contributed by atoms with van der Waals surface area (Å²) in [4.78, 5) is 12.8. The van der Waals surface area contributed by atoms with E-state index in [1.54, 1.807) is 61.9 Å². The highest BCUT2D eigenvalue weighted by Gasteiger charge is 2.23. The van der Waals surface area contributed by atoms with Gasteiger partial charge in [-0.15, -0.1) is 0 Å². The molecule has 0 aliphatic rings. The fourth-order valence-corrected chi connectivity index (χ4v) is 4.79. The molecule has 0 radical (unpaired) electrons. The molecule has 0 aliphatic carbocycles. The topological polar surface area (TPSA) is 71.4 Å². The van der Waals surface area contributed by atoms with Gasteiger partial charge < -0.3 is 9.88 Å². The molecule has 154 valence electrons. The number of carbonyl (C=O) groups excluding carboxylic acids is 1. The van der Waals surface area contributed by atoms with Gasteiger partial charge in [0.05, 0.1) is 4.90 Å². The summed E-state index contributed by atoms with van der Waals surface area (Å²) < 4.78 is 41.6. The lowest BCUT2D eigenvalue weighted by Gasteiger charge is -2.18. The number of aryl methyl sites for hydroxylation is 1. The first-order chi connectivity index (χ1) is 13.8.